The highest BCUT2D eigenvalue weighted by atomic mass is 16.3. The largest absolute Gasteiger partial charge is 0.463 e. The number of rotatable bonds is 3. The zero-order valence-electron chi connectivity index (χ0n) is 12.6. The number of hydrogen-bond acceptors (Lipinski definition) is 5. The zero-order chi connectivity index (χ0) is 15.8. The Hall–Kier alpha value is -3.15. The average molecular weight is 305 g/mol. The molecule has 0 saturated heterocycles. The van der Waals surface area contributed by atoms with Crippen molar-refractivity contribution in [1.82, 2.24) is 19.5 Å². The molecule has 0 bridgehead atoms. The molecular weight excluding hydrogens is 290 g/mol. The molecule has 0 spiro atoms. The standard InChI is InChI=1S/C17H15N5O/c1-11-4-6-12(7-5-11)9-22-10-19-15-14(13-3-2-8-23-13)20-17(18)21-16(15)22/h2-8,10H,9H2,1H3,(H2,18,20,21). The van der Waals surface area contributed by atoms with Crippen LogP contribution in [0.25, 0.3) is 22.6 Å². The van der Waals surface area contributed by atoms with Gasteiger partial charge in [-0.2, -0.15) is 4.98 Å². The number of nitrogens with two attached hydrogens (primary N) is 1. The predicted octanol–water partition coefficient (Wildman–Crippen LogP) is 3.03. The van der Waals surface area contributed by atoms with Crippen LogP contribution in [0.1, 0.15) is 11.1 Å². The maximum Gasteiger partial charge on any atom is 0.222 e. The van der Waals surface area contributed by atoms with Crippen LogP contribution in [0.15, 0.2) is 53.4 Å². The molecule has 6 nitrogen and oxygen atoms in total. The summed E-state index contributed by atoms with van der Waals surface area (Å²) in [7, 11) is 0. The Morgan fingerprint density at radius 3 is 2.70 bits per heavy atom. The molecule has 0 aliphatic rings. The van der Waals surface area contributed by atoms with E-state index in [4.69, 9.17) is 10.2 Å². The van der Waals surface area contributed by atoms with Gasteiger partial charge in [0.1, 0.15) is 11.2 Å². The average Bonchev–Trinajstić information content (AvgIpc) is 3.19. The summed E-state index contributed by atoms with van der Waals surface area (Å²) in [5, 5.41) is 0. The van der Waals surface area contributed by atoms with Crippen LogP contribution in [-0.2, 0) is 6.54 Å². The molecule has 0 aliphatic carbocycles. The van der Waals surface area contributed by atoms with Crippen LogP contribution < -0.4 is 5.73 Å². The van der Waals surface area contributed by atoms with Crippen molar-refractivity contribution in [2.24, 2.45) is 0 Å². The maximum absolute atomic E-state index is 5.87. The Morgan fingerprint density at radius 2 is 1.96 bits per heavy atom. The van der Waals surface area contributed by atoms with Gasteiger partial charge in [0, 0.05) is 0 Å². The molecule has 1 aromatic carbocycles. The molecule has 0 radical (unpaired) electrons. The molecule has 3 heterocycles. The third-order valence-electron chi connectivity index (χ3n) is 3.71. The fraction of sp³-hybridized carbons (Fsp3) is 0.118. The van der Waals surface area contributed by atoms with E-state index in [1.807, 2.05) is 16.7 Å². The van der Waals surface area contributed by atoms with Crippen molar-refractivity contribution in [3.63, 3.8) is 0 Å². The smallest absolute Gasteiger partial charge is 0.222 e. The molecule has 0 aliphatic heterocycles. The number of aryl methyl sites for hydroxylation is 1. The highest BCUT2D eigenvalue weighted by molar-refractivity contribution is 5.86. The SMILES string of the molecule is Cc1ccc(Cn2cnc3c(-c4ccco4)nc(N)nc32)cc1. The lowest BCUT2D eigenvalue weighted by Gasteiger charge is -2.06. The molecule has 114 valence electrons. The predicted molar refractivity (Wildman–Crippen MR) is 87.7 cm³/mol. The number of fused-ring (bicyclic) bond motifs is 1. The third-order valence-corrected chi connectivity index (χ3v) is 3.71. The van der Waals surface area contributed by atoms with Crippen molar-refractivity contribution in [1.29, 1.82) is 0 Å². The van der Waals surface area contributed by atoms with Gasteiger partial charge >= 0.3 is 0 Å². The second kappa shape index (κ2) is 5.24. The minimum absolute atomic E-state index is 0.203. The van der Waals surface area contributed by atoms with Crippen LogP contribution in [0.2, 0.25) is 0 Å². The third kappa shape index (κ3) is 2.44. The number of hydrogen-bond donors (Lipinski definition) is 1. The van der Waals surface area contributed by atoms with Gasteiger partial charge in [0.15, 0.2) is 11.4 Å². The van der Waals surface area contributed by atoms with E-state index in [-0.39, 0.29) is 5.95 Å². The Labute approximate surface area is 132 Å². The van der Waals surface area contributed by atoms with Crippen molar-refractivity contribution < 1.29 is 4.42 Å². The van der Waals surface area contributed by atoms with Gasteiger partial charge in [-0.15, -0.1) is 0 Å². The molecular formula is C17H15N5O. The van der Waals surface area contributed by atoms with E-state index < -0.39 is 0 Å². The lowest BCUT2D eigenvalue weighted by molar-refractivity contribution is 0.580. The first kappa shape index (κ1) is 13.5. The molecule has 0 saturated carbocycles. The molecule has 4 rings (SSSR count). The number of furan rings is 1. The van der Waals surface area contributed by atoms with E-state index in [1.165, 1.54) is 11.1 Å². The minimum Gasteiger partial charge on any atom is -0.463 e. The summed E-state index contributed by atoms with van der Waals surface area (Å²) in [5.41, 5.74) is 10.3. The summed E-state index contributed by atoms with van der Waals surface area (Å²) >= 11 is 0. The summed E-state index contributed by atoms with van der Waals surface area (Å²) in [6.45, 7) is 2.74. The van der Waals surface area contributed by atoms with E-state index in [0.29, 0.717) is 29.2 Å². The van der Waals surface area contributed by atoms with E-state index in [2.05, 4.69) is 46.1 Å². The van der Waals surface area contributed by atoms with Crippen LogP contribution in [0.5, 0.6) is 0 Å². The molecule has 6 heteroatoms. The highest BCUT2D eigenvalue weighted by Gasteiger charge is 2.15. The maximum atomic E-state index is 5.87. The topological polar surface area (TPSA) is 82.8 Å². The van der Waals surface area contributed by atoms with Crippen LogP contribution in [0.3, 0.4) is 0 Å². The lowest BCUT2D eigenvalue weighted by Crippen LogP contribution is -2.03. The van der Waals surface area contributed by atoms with Crippen LogP contribution in [0, 0.1) is 6.92 Å². The van der Waals surface area contributed by atoms with Crippen LogP contribution in [-0.4, -0.2) is 19.5 Å². The Morgan fingerprint density at radius 1 is 1.13 bits per heavy atom. The second-order valence-electron chi connectivity index (χ2n) is 5.44. The molecule has 23 heavy (non-hydrogen) atoms. The molecule has 0 atom stereocenters. The van der Waals surface area contributed by atoms with E-state index in [1.54, 1.807) is 12.6 Å². The molecule has 4 aromatic rings. The summed E-state index contributed by atoms with van der Waals surface area (Å²) in [5.74, 6) is 0.833. The first-order valence-corrected chi connectivity index (χ1v) is 7.28. The van der Waals surface area contributed by atoms with Crippen LogP contribution in [0.4, 0.5) is 5.95 Å². The second-order valence-corrected chi connectivity index (χ2v) is 5.44. The van der Waals surface area contributed by atoms with Gasteiger partial charge in [0.05, 0.1) is 19.1 Å². The number of nitrogen functional groups attached to an aromatic ring is 1. The van der Waals surface area contributed by atoms with Gasteiger partial charge in [0.2, 0.25) is 5.95 Å². The molecule has 2 N–H and O–H groups in total. The first-order valence-electron chi connectivity index (χ1n) is 7.28. The molecule has 0 unspecified atom stereocenters. The van der Waals surface area contributed by atoms with Crippen molar-refractivity contribution >= 4 is 17.1 Å². The van der Waals surface area contributed by atoms with Gasteiger partial charge in [-0.25, -0.2) is 9.97 Å². The van der Waals surface area contributed by atoms with Crippen molar-refractivity contribution in [2.45, 2.75) is 13.5 Å². The van der Waals surface area contributed by atoms with Crippen molar-refractivity contribution in [3.8, 4) is 11.5 Å². The highest BCUT2D eigenvalue weighted by Crippen LogP contribution is 2.26. The minimum atomic E-state index is 0.203. The summed E-state index contributed by atoms with van der Waals surface area (Å²) in [4.78, 5) is 13.1. The number of benzene rings is 1. The summed E-state index contributed by atoms with van der Waals surface area (Å²) in [6, 6.07) is 12.0. The van der Waals surface area contributed by atoms with E-state index >= 15 is 0 Å². The van der Waals surface area contributed by atoms with Crippen molar-refractivity contribution in [3.05, 3.63) is 60.1 Å². The van der Waals surface area contributed by atoms with Gasteiger partial charge in [0.25, 0.3) is 0 Å². The fourth-order valence-corrected chi connectivity index (χ4v) is 2.55. The number of imidazole rings is 1. The Bertz CT molecular complexity index is 955. The van der Waals surface area contributed by atoms with Gasteiger partial charge in [-0.05, 0) is 24.6 Å². The molecule has 0 amide bonds. The molecule has 0 fully saturated rings. The normalized spacial score (nSPS) is 11.2. The quantitative estimate of drug-likeness (QED) is 0.629. The lowest BCUT2D eigenvalue weighted by atomic mass is 10.1. The van der Waals surface area contributed by atoms with Gasteiger partial charge in [-0.3, -0.25) is 0 Å². The molecule has 3 aromatic heterocycles. The number of anilines is 1. The monoisotopic (exact) mass is 305 g/mol. The number of nitrogens with zero attached hydrogens (tertiary/aromatic N) is 4. The Kier molecular flexibility index (Phi) is 3.08. The van der Waals surface area contributed by atoms with Crippen molar-refractivity contribution in [2.75, 3.05) is 5.73 Å². The van der Waals surface area contributed by atoms with Gasteiger partial charge < -0.3 is 14.7 Å². The van der Waals surface area contributed by atoms with Gasteiger partial charge in [-0.1, -0.05) is 29.8 Å². The zero-order valence-corrected chi connectivity index (χ0v) is 12.6. The van der Waals surface area contributed by atoms with E-state index in [9.17, 15) is 0 Å². The summed E-state index contributed by atoms with van der Waals surface area (Å²) < 4.78 is 7.39. The number of aromatic nitrogens is 4. The van der Waals surface area contributed by atoms with E-state index in [0.717, 1.165) is 0 Å². The fourth-order valence-electron chi connectivity index (χ4n) is 2.55. The first-order chi connectivity index (χ1) is 11.2. The van der Waals surface area contributed by atoms with Crippen LogP contribution >= 0.6 is 0 Å². The summed E-state index contributed by atoms with van der Waals surface area (Å²) in [6.07, 6.45) is 3.36. The Balaban J connectivity index is 1.81.